The predicted octanol–water partition coefficient (Wildman–Crippen LogP) is 6.23. The number of aryl methyl sites for hydroxylation is 1. The van der Waals surface area contributed by atoms with E-state index in [2.05, 4.69) is 20.4 Å². The van der Waals surface area contributed by atoms with E-state index < -0.39 is 5.82 Å². The molecular weight excluding hydrogens is 457 g/mol. The van der Waals surface area contributed by atoms with Gasteiger partial charge in [-0.3, -0.25) is 9.78 Å². The van der Waals surface area contributed by atoms with Gasteiger partial charge in [-0.1, -0.05) is 18.6 Å². The van der Waals surface area contributed by atoms with Crippen molar-refractivity contribution in [3.8, 4) is 22.9 Å². The topological polar surface area (TPSA) is 81.4 Å². The van der Waals surface area contributed by atoms with E-state index in [9.17, 15) is 9.18 Å². The fraction of sp³-hybridized carbons (Fsp3) is 0.357. The van der Waals surface area contributed by atoms with Crippen molar-refractivity contribution in [3.63, 3.8) is 0 Å². The summed E-state index contributed by atoms with van der Waals surface area (Å²) in [6.45, 7) is 2.82. The van der Waals surface area contributed by atoms with Crippen LogP contribution >= 0.6 is 0 Å². The Bertz CT molecular complexity index is 1440. The molecule has 7 nitrogen and oxygen atoms in total. The number of halogens is 1. The number of carbonyl (C=O) groups excluding carboxylic acids is 1. The maximum Gasteiger partial charge on any atom is 0.239 e. The summed E-state index contributed by atoms with van der Waals surface area (Å²) in [5.74, 6) is 1.50. The highest BCUT2D eigenvalue weighted by atomic mass is 19.1. The highest BCUT2D eigenvalue weighted by Crippen LogP contribution is 2.35. The van der Waals surface area contributed by atoms with Crippen LogP contribution in [0.4, 0.5) is 10.1 Å². The number of Topliss-reactive ketones (excluding diaryl/α,β-unsaturated/α-hetero) is 1. The minimum absolute atomic E-state index is 0.208. The summed E-state index contributed by atoms with van der Waals surface area (Å²) in [5.41, 5.74) is 4.89. The Balaban J connectivity index is 1.36. The number of ether oxygens (including phenoxy) is 1. The minimum atomic E-state index is -0.480. The third-order valence-electron chi connectivity index (χ3n) is 7.15. The summed E-state index contributed by atoms with van der Waals surface area (Å²) in [4.78, 5) is 21.2. The molecule has 2 fully saturated rings. The molecule has 0 spiro atoms. The molecule has 8 heteroatoms. The monoisotopic (exact) mass is 485 g/mol. The molecule has 3 aromatic heterocycles. The highest BCUT2D eigenvalue weighted by Gasteiger charge is 2.26. The zero-order valence-electron chi connectivity index (χ0n) is 20.2. The van der Waals surface area contributed by atoms with Crippen LogP contribution in [0.1, 0.15) is 54.4 Å². The summed E-state index contributed by atoms with van der Waals surface area (Å²) in [7, 11) is 0. The molecule has 0 unspecified atom stereocenters. The van der Waals surface area contributed by atoms with Gasteiger partial charge in [0.1, 0.15) is 5.82 Å². The maximum absolute atomic E-state index is 13.7. The number of nitrogens with zero attached hydrogens (tertiary/aromatic N) is 4. The first-order chi connectivity index (χ1) is 17.5. The molecule has 184 valence electrons. The fourth-order valence-electron chi connectivity index (χ4n) is 4.67. The molecule has 0 aliphatic heterocycles. The number of hydrogen-bond donors (Lipinski definition) is 1. The molecule has 0 bridgehead atoms. The van der Waals surface area contributed by atoms with E-state index in [-0.39, 0.29) is 11.5 Å². The quantitative estimate of drug-likeness (QED) is 0.283. The van der Waals surface area contributed by atoms with Gasteiger partial charge in [0.05, 0.1) is 30.0 Å². The molecule has 1 N–H and O–H groups in total. The van der Waals surface area contributed by atoms with Crippen LogP contribution < -0.4 is 10.1 Å². The van der Waals surface area contributed by atoms with Crippen molar-refractivity contribution in [2.24, 2.45) is 11.8 Å². The van der Waals surface area contributed by atoms with Crippen LogP contribution in [-0.2, 0) is 0 Å². The number of aromatic nitrogens is 4. The first kappa shape index (κ1) is 22.6. The van der Waals surface area contributed by atoms with Crippen LogP contribution in [0.25, 0.3) is 16.9 Å². The number of nitrogens with one attached hydrogen (secondary N) is 1. The van der Waals surface area contributed by atoms with Gasteiger partial charge >= 0.3 is 0 Å². The molecular formula is C28H28FN5O2. The van der Waals surface area contributed by atoms with Crippen LogP contribution in [0.2, 0.25) is 0 Å². The lowest BCUT2D eigenvalue weighted by atomic mass is 9.85. The lowest BCUT2D eigenvalue weighted by Crippen LogP contribution is -2.21. The van der Waals surface area contributed by atoms with Gasteiger partial charge in [0.2, 0.25) is 5.88 Å². The number of fused-ring (bicyclic) bond motifs is 1. The molecule has 2 aliphatic rings. The van der Waals surface area contributed by atoms with Crippen molar-refractivity contribution in [1.82, 2.24) is 19.6 Å². The van der Waals surface area contributed by atoms with E-state index in [0.29, 0.717) is 29.8 Å². The molecule has 4 aromatic rings. The van der Waals surface area contributed by atoms with Crippen molar-refractivity contribution in [2.75, 3.05) is 11.9 Å². The summed E-state index contributed by atoms with van der Waals surface area (Å²) in [5, 5.41) is 8.18. The van der Waals surface area contributed by atoms with Crippen LogP contribution in [0.15, 0.2) is 48.9 Å². The number of anilines is 1. The van der Waals surface area contributed by atoms with Gasteiger partial charge in [-0.2, -0.15) is 0 Å². The second-order valence-electron chi connectivity index (χ2n) is 9.99. The van der Waals surface area contributed by atoms with E-state index in [0.717, 1.165) is 53.7 Å². The molecule has 2 aliphatic carbocycles. The van der Waals surface area contributed by atoms with Crippen LogP contribution in [0, 0.1) is 24.6 Å². The van der Waals surface area contributed by atoms with Crippen molar-refractivity contribution in [3.05, 3.63) is 65.9 Å². The molecule has 3 heterocycles. The van der Waals surface area contributed by atoms with E-state index >= 15 is 0 Å². The number of ketones is 1. The zero-order valence-corrected chi connectivity index (χ0v) is 20.2. The standard InChI is InChI=1S/C28H28FN5O2/c1-17-9-20(7-8-23(17)26(35)10-18-5-6-18)25-16-32-28-24(31-13-19-3-2-4-19)12-27(33-34(25)28)36-22-11-21(29)14-30-15-22/h7-9,11-12,14-16,18-19,31H,2-6,10,13H2,1H3. The highest BCUT2D eigenvalue weighted by molar-refractivity contribution is 5.98. The van der Waals surface area contributed by atoms with E-state index in [1.54, 1.807) is 16.8 Å². The molecule has 0 saturated heterocycles. The summed E-state index contributed by atoms with van der Waals surface area (Å²) < 4.78 is 21.3. The van der Waals surface area contributed by atoms with Crippen molar-refractivity contribution < 1.29 is 13.9 Å². The van der Waals surface area contributed by atoms with Gasteiger partial charge in [-0.05, 0) is 56.1 Å². The first-order valence-corrected chi connectivity index (χ1v) is 12.6. The summed E-state index contributed by atoms with van der Waals surface area (Å²) in [6, 6.07) is 8.93. The lowest BCUT2D eigenvalue weighted by Gasteiger charge is -2.26. The van der Waals surface area contributed by atoms with Gasteiger partial charge in [-0.25, -0.2) is 13.9 Å². The molecule has 2 saturated carbocycles. The average Bonchev–Trinajstić information content (AvgIpc) is 3.53. The first-order valence-electron chi connectivity index (χ1n) is 12.6. The number of benzene rings is 1. The summed E-state index contributed by atoms with van der Waals surface area (Å²) in [6.07, 6.45) is 11.0. The molecule has 1 aromatic carbocycles. The van der Waals surface area contributed by atoms with Crippen molar-refractivity contribution in [2.45, 2.75) is 45.4 Å². The average molecular weight is 486 g/mol. The lowest BCUT2D eigenvalue weighted by molar-refractivity contribution is 0.0975. The van der Waals surface area contributed by atoms with Gasteiger partial charge in [0.15, 0.2) is 17.2 Å². The third-order valence-corrected chi connectivity index (χ3v) is 7.15. The molecule has 0 amide bonds. The van der Waals surface area contributed by atoms with Crippen molar-refractivity contribution in [1.29, 1.82) is 0 Å². The van der Waals surface area contributed by atoms with E-state index in [1.165, 1.54) is 31.5 Å². The predicted molar refractivity (Wildman–Crippen MR) is 135 cm³/mol. The largest absolute Gasteiger partial charge is 0.436 e. The number of imidazole rings is 1. The van der Waals surface area contributed by atoms with Gasteiger partial charge in [0.25, 0.3) is 0 Å². The molecule has 36 heavy (non-hydrogen) atoms. The Morgan fingerprint density at radius 1 is 1.11 bits per heavy atom. The van der Waals surface area contributed by atoms with Gasteiger partial charge in [0, 0.05) is 36.2 Å². The normalized spacial score (nSPS) is 15.6. The maximum atomic E-state index is 13.7. The van der Waals surface area contributed by atoms with E-state index in [4.69, 9.17) is 4.74 Å². The fourth-order valence-corrected chi connectivity index (χ4v) is 4.67. The Morgan fingerprint density at radius 3 is 2.69 bits per heavy atom. The van der Waals surface area contributed by atoms with Gasteiger partial charge < -0.3 is 10.1 Å². The number of rotatable bonds is 9. The SMILES string of the molecule is Cc1cc(-c2cnc3c(NCC4CCC4)cc(Oc4cncc(F)c4)nn23)ccc1C(=O)CC1CC1. The Labute approximate surface area is 208 Å². The number of carbonyl (C=O) groups is 1. The molecule has 0 radical (unpaired) electrons. The van der Waals surface area contributed by atoms with Crippen molar-refractivity contribution >= 4 is 17.1 Å². The van der Waals surface area contributed by atoms with E-state index in [1.807, 2.05) is 25.1 Å². The number of hydrogen-bond acceptors (Lipinski definition) is 6. The zero-order chi connectivity index (χ0) is 24.6. The Morgan fingerprint density at radius 2 is 1.97 bits per heavy atom. The molecule has 6 rings (SSSR count). The number of pyridine rings is 1. The van der Waals surface area contributed by atoms with Crippen LogP contribution in [0.3, 0.4) is 0 Å². The Kier molecular flexibility index (Phi) is 5.87. The molecule has 0 atom stereocenters. The Hall–Kier alpha value is -3.81. The van der Waals surface area contributed by atoms with Crippen LogP contribution in [-0.4, -0.2) is 31.9 Å². The second kappa shape index (κ2) is 9.33. The second-order valence-corrected chi connectivity index (χ2v) is 9.99. The minimum Gasteiger partial charge on any atom is -0.436 e. The smallest absolute Gasteiger partial charge is 0.239 e. The van der Waals surface area contributed by atoms with Crippen LogP contribution in [0.5, 0.6) is 11.6 Å². The summed E-state index contributed by atoms with van der Waals surface area (Å²) >= 11 is 0. The third kappa shape index (κ3) is 4.67. The van der Waals surface area contributed by atoms with Gasteiger partial charge in [-0.15, -0.1) is 5.10 Å².